The molecule has 1 aliphatic rings. The van der Waals surface area contributed by atoms with Crippen LogP contribution in [0, 0.1) is 6.92 Å². The van der Waals surface area contributed by atoms with Gasteiger partial charge in [-0.2, -0.15) is 0 Å². The normalized spacial score (nSPS) is 18.3. The number of benzene rings is 1. The second-order valence-corrected chi connectivity index (χ2v) is 5.72. The van der Waals surface area contributed by atoms with Crippen molar-refractivity contribution >= 4 is 17.5 Å². The Bertz CT molecular complexity index is 715. The average molecular weight is 314 g/mol. The van der Waals surface area contributed by atoms with Gasteiger partial charge in [-0.25, -0.2) is 4.68 Å². The van der Waals surface area contributed by atoms with E-state index in [-0.39, 0.29) is 30.9 Å². The highest BCUT2D eigenvalue weighted by molar-refractivity contribution is 5.98. The number of rotatable bonds is 3. The molecule has 8 heteroatoms. The molecule has 2 amide bonds. The van der Waals surface area contributed by atoms with Crippen LogP contribution in [-0.2, 0) is 16.1 Å². The van der Waals surface area contributed by atoms with Crippen LogP contribution in [0.15, 0.2) is 30.6 Å². The monoisotopic (exact) mass is 314 g/mol. The van der Waals surface area contributed by atoms with E-state index in [1.807, 2.05) is 38.1 Å². The van der Waals surface area contributed by atoms with Crippen LogP contribution >= 0.6 is 0 Å². The van der Waals surface area contributed by atoms with Crippen LogP contribution in [0.3, 0.4) is 0 Å². The van der Waals surface area contributed by atoms with E-state index in [1.165, 1.54) is 11.0 Å². The van der Waals surface area contributed by atoms with Gasteiger partial charge < -0.3 is 9.80 Å². The fourth-order valence-electron chi connectivity index (χ4n) is 2.71. The van der Waals surface area contributed by atoms with Gasteiger partial charge in [-0.15, -0.1) is 5.10 Å². The molecule has 120 valence electrons. The van der Waals surface area contributed by atoms with Crippen molar-refractivity contribution in [2.45, 2.75) is 26.4 Å². The van der Waals surface area contributed by atoms with Crippen LogP contribution in [-0.4, -0.2) is 56.1 Å². The summed E-state index contributed by atoms with van der Waals surface area (Å²) in [5, 5.41) is 10.7. The van der Waals surface area contributed by atoms with Gasteiger partial charge in [0.2, 0.25) is 11.8 Å². The van der Waals surface area contributed by atoms with Gasteiger partial charge in [-0.1, -0.05) is 12.1 Å². The number of carbonyl (C=O) groups is 2. The Morgan fingerprint density at radius 3 is 2.91 bits per heavy atom. The van der Waals surface area contributed by atoms with E-state index in [4.69, 9.17) is 0 Å². The highest BCUT2D eigenvalue weighted by Crippen LogP contribution is 2.21. The molecule has 0 radical (unpaired) electrons. The summed E-state index contributed by atoms with van der Waals surface area (Å²) in [5.74, 6) is -0.249. The van der Waals surface area contributed by atoms with Gasteiger partial charge in [0, 0.05) is 18.3 Å². The Morgan fingerprint density at radius 2 is 2.22 bits per heavy atom. The fourth-order valence-corrected chi connectivity index (χ4v) is 2.71. The summed E-state index contributed by atoms with van der Waals surface area (Å²) in [7, 11) is 0. The number of hydrogen-bond acceptors (Lipinski definition) is 5. The van der Waals surface area contributed by atoms with E-state index in [0.29, 0.717) is 6.54 Å². The first-order valence-corrected chi connectivity index (χ1v) is 7.42. The lowest BCUT2D eigenvalue weighted by atomic mass is 10.1. The lowest BCUT2D eigenvalue weighted by Gasteiger charge is -2.39. The van der Waals surface area contributed by atoms with Crippen LogP contribution in [0.5, 0.6) is 0 Å². The van der Waals surface area contributed by atoms with Crippen LogP contribution in [0.25, 0.3) is 0 Å². The molecule has 1 aliphatic heterocycles. The number of tetrazole rings is 1. The van der Waals surface area contributed by atoms with Gasteiger partial charge >= 0.3 is 0 Å². The second kappa shape index (κ2) is 6.15. The largest absolute Gasteiger partial charge is 0.327 e. The third-order valence-electron chi connectivity index (χ3n) is 3.91. The molecule has 0 saturated carbocycles. The third-order valence-corrected chi connectivity index (χ3v) is 3.91. The molecular weight excluding hydrogens is 296 g/mol. The fraction of sp³-hybridized carbons (Fsp3) is 0.400. The summed E-state index contributed by atoms with van der Waals surface area (Å²) < 4.78 is 1.35. The number of hydrogen-bond donors (Lipinski definition) is 0. The first-order chi connectivity index (χ1) is 11.0. The maximum Gasteiger partial charge on any atom is 0.246 e. The minimum atomic E-state index is -0.165. The lowest BCUT2D eigenvalue weighted by Crippen LogP contribution is -2.57. The topological polar surface area (TPSA) is 84.2 Å². The highest BCUT2D eigenvalue weighted by atomic mass is 16.2. The number of aryl methyl sites for hydroxylation is 1. The molecule has 0 spiro atoms. The maximum atomic E-state index is 12.5. The Hall–Kier alpha value is -2.77. The molecule has 1 aromatic heterocycles. The van der Waals surface area contributed by atoms with Crippen molar-refractivity contribution in [1.82, 2.24) is 25.1 Å². The number of carbonyl (C=O) groups excluding carboxylic acids is 2. The van der Waals surface area contributed by atoms with E-state index in [9.17, 15) is 9.59 Å². The molecule has 0 N–H and O–H groups in total. The molecular formula is C15H18N6O2. The molecule has 1 fully saturated rings. The molecule has 2 aromatic rings. The van der Waals surface area contributed by atoms with E-state index < -0.39 is 0 Å². The summed E-state index contributed by atoms with van der Waals surface area (Å²) in [6, 6.07) is 7.73. The van der Waals surface area contributed by atoms with E-state index in [1.54, 1.807) is 9.80 Å². The minimum absolute atomic E-state index is 0.0368. The minimum Gasteiger partial charge on any atom is -0.327 e. The van der Waals surface area contributed by atoms with Crippen molar-refractivity contribution in [3.05, 3.63) is 36.2 Å². The van der Waals surface area contributed by atoms with Crippen LogP contribution in [0.4, 0.5) is 5.69 Å². The van der Waals surface area contributed by atoms with Crippen molar-refractivity contribution in [3.8, 4) is 0 Å². The molecule has 0 aliphatic carbocycles. The van der Waals surface area contributed by atoms with E-state index in [2.05, 4.69) is 15.5 Å². The van der Waals surface area contributed by atoms with Gasteiger partial charge in [0.15, 0.2) is 0 Å². The maximum absolute atomic E-state index is 12.5. The molecule has 2 heterocycles. The molecule has 1 saturated heterocycles. The number of nitrogens with zero attached hydrogens (tertiary/aromatic N) is 6. The van der Waals surface area contributed by atoms with Gasteiger partial charge in [0.25, 0.3) is 0 Å². The van der Waals surface area contributed by atoms with Crippen molar-refractivity contribution in [1.29, 1.82) is 0 Å². The zero-order chi connectivity index (χ0) is 16.4. The summed E-state index contributed by atoms with van der Waals surface area (Å²) in [4.78, 5) is 28.1. The zero-order valence-electron chi connectivity index (χ0n) is 13.1. The molecule has 1 atom stereocenters. The van der Waals surface area contributed by atoms with Crippen molar-refractivity contribution < 1.29 is 9.59 Å². The molecule has 8 nitrogen and oxygen atoms in total. The quantitative estimate of drug-likeness (QED) is 0.810. The first kappa shape index (κ1) is 15.1. The molecule has 3 rings (SSSR count). The Kier molecular flexibility index (Phi) is 4.05. The first-order valence-electron chi connectivity index (χ1n) is 7.42. The lowest BCUT2D eigenvalue weighted by molar-refractivity contribution is -0.140. The summed E-state index contributed by atoms with van der Waals surface area (Å²) >= 11 is 0. The van der Waals surface area contributed by atoms with Crippen LogP contribution < -0.4 is 4.90 Å². The third kappa shape index (κ3) is 3.20. The Morgan fingerprint density at radius 1 is 1.39 bits per heavy atom. The Labute approximate surface area is 133 Å². The number of amides is 2. The predicted octanol–water partition coefficient (Wildman–Crippen LogP) is 0.245. The number of aromatic nitrogens is 4. The van der Waals surface area contributed by atoms with E-state index in [0.717, 1.165) is 11.3 Å². The molecule has 1 unspecified atom stereocenters. The van der Waals surface area contributed by atoms with Gasteiger partial charge in [0.05, 0.1) is 0 Å². The number of piperazine rings is 1. The summed E-state index contributed by atoms with van der Waals surface area (Å²) in [6.45, 7) is 4.50. The van der Waals surface area contributed by atoms with Gasteiger partial charge in [0.1, 0.15) is 19.4 Å². The van der Waals surface area contributed by atoms with Crippen molar-refractivity contribution in [2.75, 3.05) is 18.0 Å². The van der Waals surface area contributed by atoms with Crippen molar-refractivity contribution in [3.63, 3.8) is 0 Å². The smallest absolute Gasteiger partial charge is 0.246 e. The standard InChI is InChI=1S/C15H18N6O2/c1-11-4-3-5-13(6-11)21-7-12(2)20(9-15(21)23)14(22)8-19-10-16-17-18-19/h3-6,10,12H,7-9H2,1-2H3. The van der Waals surface area contributed by atoms with E-state index >= 15 is 0 Å². The SMILES string of the molecule is Cc1cccc(N2CC(C)N(C(=O)Cn3cnnn3)CC2=O)c1. The summed E-state index contributed by atoms with van der Waals surface area (Å²) in [6.07, 6.45) is 1.38. The zero-order valence-corrected chi connectivity index (χ0v) is 13.1. The van der Waals surface area contributed by atoms with Crippen LogP contribution in [0.2, 0.25) is 0 Å². The van der Waals surface area contributed by atoms with Crippen molar-refractivity contribution in [2.24, 2.45) is 0 Å². The summed E-state index contributed by atoms with van der Waals surface area (Å²) in [5.41, 5.74) is 1.97. The van der Waals surface area contributed by atoms with Gasteiger partial charge in [-0.3, -0.25) is 9.59 Å². The molecule has 0 bridgehead atoms. The van der Waals surface area contributed by atoms with Gasteiger partial charge in [-0.05, 0) is 42.0 Å². The molecule has 1 aromatic carbocycles. The molecule has 23 heavy (non-hydrogen) atoms. The Balaban J connectivity index is 1.72. The second-order valence-electron chi connectivity index (χ2n) is 5.72. The predicted molar refractivity (Wildman–Crippen MR) is 82.5 cm³/mol. The average Bonchev–Trinajstić information content (AvgIpc) is 3.02. The van der Waals surface area contributed by atoms with Crippen LogP contribution in [0.1, 0.15) is 12.5 Å². The highest BCUT2D eigenvalue weighted by Gasteiger charge is 2.33. The number of anilines is 1.